The van der Waals surface area contributed by atoms with E-state index >= 15 is 0 Å². The summed E-state index contributed by atoms with van der Waals surface area (Å²) in [5.74, 6) is 0.236. The lowest BCUT2D eigenvalue weighted by Gasteiger charge is -2.35. The van der Waals surface area contributed by atoms with Crippen molar-refractivity contribution in [2.75, 3.05) is 36.5 Å². The summed E-state index contributed by atoms with van der Waals surface area (Å²) in [5.41, 5.74) is 1.03. The number of piperidine rings is 1. The summed E-state index contributed by atoms with van der Waals surface area (Å²) in [6.07, 6.45) is 0.276. The number of rotatable bonds is 5. The molecule has 2 aromatic rings. The van der Waals surface area contributed by atoms with Gasteiger partial charge in [0.05, 0.1) is 5.69 Å². The molecule has 8 nitrogen and oxygen atoms in total. The van der Waals surface area contributed by atoms with Crippen LogP contribution < -0.4 is 25.6 Å². The second-order valence-electron chi connectivity index (χ2n) is 9.11. The Morgan fingerprint density at radius 3 is 2.77 bits per heavy atom. The first-order chi connectivity index (χ1) is 16.8. The molecular formula is C23H26F3N5O3S. The molecular weight excluding hydrogens is 483 g/mol. The molecule has 2 aliphatic heterocycles. The monoisotopic (exact) mass is 509 g/mol. The highest BCUT2D eigenvalue weighted by atomic mass is 32.1. The maximum Gasteiger partial charge on any atom is 0.429 e. The van der Waals surface area contributed by atoms with Gasteiger partial charge >= 0.3 is 12.2 Å². The third-order valence-electron chi connectivity index (χ3n) is 6.56. The first-order valence-corrected chi connectivity index (χ1v) is 12.5. The van der Waals surface area contributed by atoms with Gasteiger partial charge in [0.2, 0.25) is 0 Å². The fraction of sp³-hybridized carbons (Fsp3) is 0.522. The van der Waals surface area contributed by atoms with Gasteiger partial charge in [-0.2, -0.15) is 13.2 Å². The number of carbonyl (C=O) groups is 2. The number of nitrogens with one attached hydrogen (secondary N) is 3. The number of amides is 3. The van der Waals surface area contributed by atoms with Crippen molar-refractivity contribution in [1.82, 2.24) is 15.6 Å². The minimum atomic E-state index is -4.68. The van der Waals surface area contributed by atoms with Crippen molar-refractivity contribution in [3.8, 4) is 16.3 Å². The van der Waals surface area contributed by atoms with Gasteiger partial charge in [0.1, 0.15) is 10.8 Å². The molecule has 1 aromatic carbocycles. The number of nitrogens with zero attached hydrogens (tertiary/aromatic N) is 2. The van der Waals surface area contributed by atoms with Crippen molar-refractivity contribution >= 4 is 34.8 Å². The number of carbonyl (C=O) groups excluding carboxylic acids is 2. The quantitative estimate of drug-likeness (QED) is 0.561. The molecule has 1 aliphatic carbocycles. The maximum absolute atomic E-state index is 13.7. The molecule has 2 fully saturated rings. The van der Waals surface area contributed by atoms with Gasteiger partial charge < -0.3 is 20.3 Å². The fourth-order valence-corrected chi connectivity index (χ4v) is 5.38. The highest BCUT2D eigenvalue weighted by Crippen LogP contribution is 2.44. The van der Waals surface area contributed by atoms with Crippen LogP contribution in [0.15, 0.2) is 18.2 Å². The van der Waals surface area contributed by atoms with E-state index < -0.39 is 22.9 Å². The summed E-state index contributed by atoms with van der Waals surface area (Å²) in [6, 6.07) is 4.04. The van der Waals surface area contributed by atoms with Crippen LogP contribution in [-0.2, 0) is 11.0 Å². The third-order valence-corrected chi connectivity index (χ3v) is 7.71. The van der Waals surface area contributed by atoms with E-state index in [1.165, 1.54) is 0 Å². The van der Waals surface area contributed by atoms with E-state index in [0.29, 0.717) is 47.3 Å². The van der Waals surface area contributed by atoms with Gasteiger partial charge in [-0.3, -0.25) is 10.1 Å². The predicted octanol–water partition coefficient (Wildman–Crippen LogP) is 4.23. The molecule has 1 atom stereocenters. The molecule has 3 aliphatic rings. The summed E-state index contributed by atoms with van der Waals surface area (Å²) in [7, 11) is 0. The van der Waals surface area contributed by atoms with Gasteiger partial charge in [0.25, 0.3) is 5.91 Å². The molecule has 1 aromatic heterocycles. The second kappa shape index (κ2) is 9.65. The van der Waals surface area contributed by atoms with Crippen LogP contribution in [0.4, 0.5) is 29.5 Å². The molecule has 3 N–H and O–H groups in total. The number of fused-ring (bicyclic) bond motifs is 1. The normalized spacial score (nSPS) is 20.6. The molecule has 3 amide bonds. The van der Waals surface area contributed by atoms with Crippen molar-refractivity contribution < 1.29 is 27.5 Å². The van der Waals surface area contributed by atoms with Gasteiger partial charge in [-0.05, 0) is 56.3 Å². The van der Waals surface area contributed by atoms with Gasteiger partial charge in [-0.1, -0.05) is 6.42 Å². The Morgan fingerprint density at radius 2 is 2.09 bits per heavy atom. The zero-order chi connectivity index (χ0) is 24.6. The van der Waals surface area contributed by atoms with Crippen molar-refractivity contribution in [1.29, 1.82) is 0 Å². The first-order valence-electron chi connectivity index (χ1n) is 11.7. The number of benzene rings is 1. The number of ether oxygens (including phenoxy) is 1. The number of anilines is 2. The Kier molecular flexibility index (Phi) is 6.58. The first kappa shape index (κ1) is 23.9. The minimum absolute atomic E-state index is 0.0980. The smallest absolute Gasteiger partial charge is 0.429 e. The number of urea groups is 1. The summed E-state index contributed by atoms with van der Waals surface area (Å²) in [4.78, 5) is 29.6. The van der Waals surface area contributed by atoms with Crippen LogP contribution in [0.5, 0.6) is 5.75 Å². The Balaban J connectivity index is 1.38. The molecule has 0 spiro atoms. The number of alkyl halides is 3. The Bertz CT molecular complexity index is 1110. The largest absolute Gasteiger partial charge is 0.482 e. The fourth-order valence-electron chi connectivity index (χ4n) is 4.50. The van der Waals surface area contributed by atoms with E-state index in [9.17, 15) is 22.8 Å². The molecule has 35 heavy (non-hydrogen) atoms. The van der Waals surface area contributed by atoms with Crippen molar-refractivity contribution in [3.63, 3.8) is 0 Å². The average molecular weight is 510 g/mol. The summed E-state index contributed by atoms with van der Waals surface area (Å²) < 4.78 is 46.8. The Morgan fingerprint density at radius 1 is 1.26 bits per heavy atom. The number of hydrogen-bond donors (Lipinski definition) is 3. The van der Waals surface area contributed by atoms with E-state index in [4.69, 9.17) is 4.74 Å². The molecule has 188 valence electrons. The van der Waals surface area contributed by atoms with Crippen molar-refractivity contribution in [2.45, 2.75) is 44.3 Å². The second-order valence-corrected chi connectivity index (χ2v) is 10.1. The third kappa shape index (κ3) is 5.22. The summed E-state index contributed by atoms with van der Waals surface area (Å²) in [5, 5.41) is 8.22. The number of halogens is 3. The highest BCUT2D eigenvalue weighted by Gasteiger charge is 2.38. The zero-order valence-corrected chi connectivity index (χ0v) is 19.7. The molecule has 1 saturated heterocycles. The van der Waals surface area contributed by atoms with Gasteiger partial charge in [0.15, 0.2) is 17.3 Å². The topological polar surface area (TPSA) is 95.6 Å². The van der Waals surface area contributed by atoms with Crippen LogP contribution in [0.25, 0.3) is 10.6 Å². The molecule has 0 bridgehead atoms. The van der Waals surface area contributed by atoms with Gasteiger partial charge in [-0.15, -0.1) is 11.3 Å². The van der Waals surface area contributed by atoms with E-state index in [-0.39, 0.29) is 23.6 Å². The average Bonchev–Trinajstić information content (AvgIpc) is 3.22. The predicted molar refractivity (Wildman–Crippen MR) is 126 cm³/mol. The van der Waals surface area contributed by atoms with Crippen LogP contribution in [0.1, 0.15) is 37.0 Å². The maximum atomic E-state index is 13.7. The van der Waals surface area contributed by atoms with E-state index in [1.807, 2.05) is 0 Å². The van der Waals surface area contributed by atoms with Crippen molar-refractivity contribution in [3.05, 3.63) is 23.1 Å². The highest BCUT2D eigenvalue weighted by molar-refractivity contribution is 7.15. The summed E-state index contributed by atoms with van der Waals surface area (Å²) >= 11 is 0.456. The summed E-state index contributed by atoms with van der Waals surface area (Å²) in [6.45, 7) is 1.92. The van der Waals surface area contributed by atoms with Crippen LogP contribution >= 0.6 is 11.3 Å². The lowest BCUT2D eigenvalue weighted by atomic mass is 9.85. The molecule has 5 rings (SSSR count). The minimum Gasteiger partial charge on any atom is -0.482 e. The molecule has 12 heteroatoms. The van der Waals surface area contributed by atoms with Gasteiger partial charge in [-0.25, -0.2) is 9.78 Å². The number of hydrogen-bond acceptors (Lipinski definition) is 6. The van der Waals surface area contributed by atoms with Gasteiger partial charge in [0, 0.05) is 24.7 Å². The number of thiazole rings is 1. The molecule has 3 heterocycles. The SMILES string of the molecule is O=C(Nc1nc(-c2ccc3c(c2)OCC(=O)N3CC2CCC2)sc1C(F)(F)F)N[C@H]1CCCNC1. The Hall–Kier alpha value is -2.86. The van der Waals surface area contributed by atoms with Crippen LogP contribution in [-0.4, -0.2) is 49.2 Å². The van der Waals surface area contributed by atoms with Crippen LogP contribution in [0.2, 0.25) is 0 Å². The Labute approximate surface area is 204 Å². The van der Waals surface area contributed by atoms with Crippen molar-refractivity contribution in [2.24, 2.45) is 5.92 Å². The van der Waals surface area contributed by atoms with E-state index in [1.54, 1.807) is 23.1 Å². The lowest BCUT2D eigenvalue weighted by Crippen LogP contribution is -2.47. The molecule has 0 unspecified atom stereocenters. The van der Waals surface area contributed by atoms with Crippen LogP contribution in [0.3, 0.4) is 0 Å². The zero-order valence-electron chi connectivity index (χ0n) is 18.9. The lowest BCUT2D eigenvalue weighted by molar-refractivity contribution is -0.133. The van der Waals surface area contributed by atoms with E-state index in [2.05, 4.69) is 20.9 Å². The standard InChI is InChI=1S/C23H26F3N5O3S/c24-23(25,26)19-20(30-22(33)28-15-5-2-8-27-10-15)29-21(35-19)14-6-7-16-17(9-14)34-12-18(32)31(16)11-13-3-1-4-13/h6-7,9,13,15,27H,1-5,8,10-12H2,(H2,28,30,33)/t15-/m0/s1. The molecule has 1 saturated carbocycles. The van der Waals surface area contributed by atoms with E-state index in [0.717, 1.165) is 38.6 Å². The number of aromatic nitrogens is 1. The molecule has 0 radical (unpaired) electrons. The van der Waals surface area contributed by atoms with Crippen LogP contribution in [0, 0.1) is 5.92 Å².